The predicted octanol–water partition coefficient (Wildman–Crippen LogP) is 3.29. The Hall–Kier alpha value is -2.66. The van der Waals surface area contributed by atoms with Crippen LogP contribution in [0.25, 0.3) is 5.69 Å². The first-order valence-electron chi connectivity index (χ1n) is 7.18. The van der Waals surface area contributed by atoms with Crippen LogP contribution in [0.2, 0.25) is 5.02 Å². The van der Waals surface area contributed by atoms with E-state index in [1.54, 1.807) is 12.1 Å². The SMILES string of the molecule is Cc1nnc2n1-c1ccc(O)cc1C(c1ccc(Cl)cc1)=NC2. The molecule has 0 saturated heterocycles. The first-order valence-corrected chi connectivity index (χ1v) is 7.56. The molecular weight excluding hydrogens is 312 g/mol. The summed E-state index contributed by atoms with van der Waals surface area (Å²) in [5, 5.41) is 18.9. The second-order valence-electron chi connectivity index (χ2n) is 5.37. The maximum atomic E-state index is 9.94. The molecule has 0 radical (unpaired) electrons. The van der Waals surface area contributed by atoms with Crippen LogP contribution in [0.15, 0.2) is 47.5 Å². The number of benzene rings is 2. The lowest BCUT2D eigenvalue weighted by Crippen LogP contribution is -2.08. The fraction of sp³-hybridized carbons (Fsp3) is 0.118. The van der Waals surface area contributed by atoms with Gasteiger partial charge in [-0.3, -0.25) is 9.56 Å². The fourth-order valence-corrected chi connectivity index (χ4v) is 2.95. The van der Waals surface area contributed by atoms with Gasteiger partial charge in [-0.2, -0.15) is 0 Å². The van der Waals surface area contributed by atoms with E-state index in [1.165, 1.54) is 0 Å². The average molecular weight is 325 g/mol. The molecule has 0 saturated carbocycles. The molecule has 1 aliphatic rings. The number of fused-ring (bicyclic) bond motifs is 3. The normalized spacial score (nSPS) is 13.0. The Morgan fingerprint density at radius 3 is 2.65 bits per heavy atom. The lowest BCUT2D eigenvalue weighted by atomic mass is 10.00. The molecule has 1 N–H and O–H groups in total. The van der Waals surface area contributed by atoms with Gasteiger partial charge < -0.3 is 5.11 Å². The van der Waals surface area contributed by atoms with Gasteiger partial charge in [0.1, 0.15) is 18.1 Å². The van der Waals surface area contributed by atoms with Crippen LogP contribution in [0.1, 0.15) is 22.8 Å². The van der Waals surface area contributed by atoms with Crippen molar-refractivity contribution < 1.29 is 5.11 Å². The molecule has 5 nitrogen and oxygen atoms in total. The van der Waals surface area contributed by atoms with Gasteiger partial charge in [-0.25, -0.2) is 0 Å². The second-order valence-corrected chi connectivity index (χ2v) is 5.81. The van der Waals surface area contributed by atoms with Gasteiger partial charge in [-0.05, 0) is 37.3 Å². The highest BCUT2D eigenvalue weighted by Crippen LogP contribution is 2.28. The van der Waals surface area contributed by atoms with Crippen molar-refractivity contribution in [2.75, 3.05) is 0 Å². The summed E-state index contributed by atoms with van der Waals surface area (Å²) >= 11 is 5.98. The second kappa shape index (κ2) is 5.21. The molecule has 0 fully saturated rings. The summed E-state index contributed by atoms with van der Waals surface area (Å²) in [7, 11) is 0. The van der Waals surface area contributed by atoms with Gasteiger partial charge in [0, 0.05) is 16.1 Å². The molecule has 3 aromatic rings. The molecule has 0 aliphatic carbocycles. The highest BCUT2D eigenvalue weighted by Gasteiger charge is 2.21. The molecule has 6 heteroatoms. The van der Waals surface area contributed by atoms with Gasteiger partial charge in [0.05, 0.1) is 11.4 Å². The number of rotatable bonds is 1. The van der Waals surface area contributed by atoms with Gasteiger partial charge in [-0.1, -0.05) is 23.7 Å². The van der Waals surface area contributed by atoms with E-state index in [9.17, 15) is 5.11 Å². The average Bonchev–Trinajstić information content (AvgIpc) is 2.82. The fourth-order valence-electron chi connectivity index (χ4n) is 2.82. The third-order valence-electron chi connectivity index (χ3n) is 3.86. The van der Waals surface area contributed by atoms with Crippen LogP contribution < -0.4 is 0 Å². The van der Waals surface area contributed by atoms with Crippen molar-refractivity contribution in [3.63, 3.8) is 0 Å². The third-order valence-corrected chi connectivity index (χ3v) is 4.12. The smallest absolute Gasteiger partial charge is 0.159 e. The lowest BCUT2D eigenvalue weighted by molar-refractivity contribution is 0.475. The molecule has 0 unspecified atom stereocenters. The van der Waals surface area contributed by atoms with Crippen molar-refractivity contribution in [1.82, 2.24) is 14.8 Å². The van der Waals surface area contributed by atoms with Crippen LogP contribution in [0.4, 0.5) is 0 Å². The molecule has 114 valence electrons. The maximum Gasteiger partial charge on any atom is 0.159 e. The standard InChI is InChI=1S/C17H13ClN4O/c1-10-20-21-16-9-19-17(11-2-4-12(18)5-3-11)14-8-13(23)6-7-15(14)22(10)16/h2-8,23H,9H2,1H3. The number of aromatic nitrogens is 3. The van der Waals surface area contributed by atoms with E-state index in [2.05, 4.69) is 10.2 Å². The van der Waals surface area contributed by atoms with Crippen molar-refractivity contribution in [2.45, 2.75) is 13.5 Å². The molecule has 0 spiro atoms. The van der Waals surface area contributed by atoms with Crippen molar-refractivity contribution in [3.05, 3.63) is 70.3 Å². The highest BCUT2D eigenvalue weighted by atomic mass is 35.5. The predicted molar refractivity (Wildman–Crippen MR) is 88.6 cm³/mol. The molecule has 23 heavy (non-hydrogen) atoms. The first kappa shape index (κ1) is 14.0. The number of phenols is 1. The summed E-state index contributed by atoms with van der Waals surface area (Å²) in [4.78, 5) is 4.70. The van der Waals surface area contributed by atoms with Crippen molar-refractivity contribution in [2.24, 2.45) is 4.99 Å². The summed E-state index contributed by atoms with van der Waals surface area (Å²) in [5.41, 5.74) is 3.50. The number of hydrogen-bond acceptors (Lipinski definition) is 4. The van der Waals surface area contributed by atoms with Crippen molar-refractivity contribution in [3.8, 4) is 11.4 Å². The van der Waals surface area contributed by atoms with Crippen LogP contribution in [0.3, 0.4) is 0 Å². The molecule has 0 bridgehead atoms. The summed E-state index contributed by atoms with van der Waals surface area (Å²) in [6.45, 7) is 2.33. The number of aliphatic imine (C=N–C) groups is 1. The number of aromatic hydroxyl groups is 1. The Labute approximate surface area is 137 Å². The Morgan fingerprint density at radius 2 is 1.87 bits per heavy atom. The highest BCUT2D eigenvalue weighted by molar-refractivity contribution is 6.30. The van der Waals surface area contributed by atoms with E-state index in [-0.39, 0.29) is 5.75 Å². The Morgan fingerprint density at radius 1 is 1.09 bits per heavy atom. The van der Waals surface area contributed by atoms with E-state index >= 15 is 0 Å². The number of hydrogen-bond donors (Lipinski definition) is 1. The van der Waals surface area contributed by atoms with Crippen molar-refractivity contribution in [1.29, 1.82) is 0 Å². The number of nitrogens with zero attached hydrogens (tertiary/aromatic N) is 4. The Balaban J connectivity index is 1.98. The zero-order chi connectivity index (χ0) is 16.0. The minimum absolute atomic E-state index is 0.194. The van der Waals surface area contributed by atoms with E-state index in [1.807, 2.05) is 41.8 Å². The van der Waals surface area contributed by atoms with E-state index < -0.39 is 0 Å². The molecule has 0 amide bonds. The largest absolute Gasteiger partial charge is 0.508 e. The van der Waals surface area contributed by atoms with Crippen LogP contribution in [0, 0.1) is 6.92 Å². The number of halogens is 1. The summed E-state index contributed by atoms with van der Waals surface area (Å²) in [5.74, 6) is 1.76. The topological polar surface area (TPSA) is 63.3 Å². The minimum atomic E-state index is 0.194. The summed E-state index contributed by atoms with van der Waals surface area (Å²) in [6.07, 6.45) is 0. The van der Waals surface area contributed by atoms with E-state index in [0.717, 1.165) is 34.2 Å². The molecular formula is C17H13ClN4O. The molecule has 1 aliphatic heterocycles. The Bertz CT molecular complexity index is 928. The summed E-state index contributed by atoms with van der Waals surface area (Å²) < 4.78 is 1.97. The zero-order valence-corrected chi connectivity index (χ0v) is 13.1. The van der Waals surface area contributed by atoms with E-state index in [4.69, 9.17) is 16.6 Å². The monoisotopic (exact) mass is 324 g/mol. The van der Waals surface area contributed by atoms with Crippen LogP contribution in [-0.2, 0) is 6.54 Å². The third kappa shape index (κ3) is 2.29. The maximum absolute atomic E-state index is 9.94. The molecule has 1 aromatic heterocycles. The summed E-state index contributed by atoms with van der Waals surface area (Å²) in [6, 6.07) is 12.8. The number of phenolic OH excluding ortho intramolecular Hbond substituents is 1. The van der Waals surface area contributed by atoms with Crippen LogP contribution in [-0.4, -0.2) is 25.6 Å². The molecule has 2 aromatic carbocycles. The Kier molecular flexibility index (Phi) is 3.16. The molecule has 0 atom stereocenters. The van der Waals surface area contributed by atoms with Gasteiger partial charge in [0.15, 0.2) is 5.82 Å². The zero-order valence-electron chi connectivity index (χ0n) is 12.4. The number of aryl methyl sites for hydroxylation is 1. The molecule has 4 rings (SSSR count). The van der Waals surface area contributed by atoms with Gasteiger partial charge in [-0.15, -0.1) is 10.2 Å². The van der Waals surface area contributed by atoms with Gasteiger partial charge >= 0.3 is 0 Å². The quantitative estimate of drug-likeness (QED) is 0.747. The molecule has 2 heterocycles. The van der Waals surface area contributed by atoms with Crippen LogP contribution >= 0.6 is 11.6 Å². The lowest BCUT2D eigenvalue weighted by Gasteiger charge is -2.13. The van der Waals surface area contributed by atoms with Crippen molar-refractivity contribution >= 4 is 17.3 Å². The van der Waals surface area contributed by atoms with Crippen LogP contribution in [0.5, 0.6) is 5.75 Å². The van der Waals surface area contributed by atoms with Gasteiger partial charge in [0.2, 0.25) is 0 Å². The first-order chi connectivity index (χ1) is 11.1. The van der Waals surface area contributed by atoms with E-state index in [0.29, 0.717) is 11.6 Å². The van der Waals surface area contributed by atoms with Gasteiger partial charge in [0.25, 0.3) is 0 Å². The minimum Gasteiger partial charge on any atom is -0.508 e.